The molecular formula is C16H23N3O2. The Morgan fingerprint density at radius 3 is 2.86 bits per heavy atom. The number of nitrogens with zero attached hydrogens (tertiary/aromatic N) is 3. The molecule has 1 fully saturated rings. The molecule has 1 heterocycles. The van der Waals surface area contributed by atoms with Gasteiger partial charge >= 0.3 is 0 Å². The van der Waals surface area contributed by atoms with Crippen LogP contribution in [-0.4, -0.2) is 54.2 Å². The zero-order valence-electron chi connectivity index (χ0n) is 12.9. The fourth-order valence-corrected chi connectivity index (χ4v) is 2.85. The van der Waals surface area contributed by atoms with E-state index in [9.17, 15) is 10.4 Å². The van der Waals surface area contributed by atoms with Crippen LogP contribution in [0.3, 0.4) is 0 Å². The van der Waals surface area contributed by atoms with Crippen molar-refractivity contribution in [2.45, 2.75) is 25.9 Å². The number of likely N-dealkylation sites (N-methyl/N-ethyl adjacent to an activating group) is 1. The Hall–Kier alpha value is -1.77. The van der Waals surface area contributed by atoms with Crippen LogP contribution < -0.4 is 4.74 Å². The van der Waals surface area contributed by atoms with Crippen molar-refractivity contribution in [3.63, 3.8) is 0 Å². The lowest BCUT2D eigenvalue weighted by molar-refractivity contribution is 0.0796. The van der Waals surface area contributed by atoms with Gasteiger partial charge in [-0.2, -0.15) is 5.26 Å². The Balaban J connectivity index is 2.25. The van der Waals surface area contributed by atoms with Crippen molar-refractivity contribution >= 4 is 0 Å². The summed E-state index contributed by atoms with van der Waals surface area (Å²) in [6.07, 6.45) is 0. The predicted molar refractivity (Wildman–Crippen MR) is 81.3 cm³/mol. The van der Waals surface area contributed by atoms with Crippen molar-refractivity contribution in [2.24, 2.45) is 0 Å². The number of rotatable bonds is 4. The van der Waals surface area contributed by atoms with Gasteiger partial charge in [0, 0.05) is 25.7 Å². The third kappa shape index (κ3) is 3.46. The average molecular weight is 289 g/mol. The van der Waals surface area contributed by atoms with Gasteiger partial charge in [0.15, 0.2) is 11.5 Å². The van der Waals surface area contributed by atoms with Crippen LogP contribution in [0.4, 0.5) is 0 Å². The molecule has 0 radical (unpaired) electrons. The second kappa shape index (κ2) is 6.79. The van der Waals surface area contributed by atoms with Crippen molar-refractivity contribution in [1.82, 2.24) is 9.80 Å². The maximum atomic E-state index is 9.79. The van der Waals surface area contributed by atoms with Crippen LogP contribution in [0.25, 0.3) is 0 Å². The van der Waals surface area contributed by atoms with Gasteiger partial charge in [0.25, 0.3) is 0 Å². The minimum atomic E-state index is -0.312. The van der Waals surface area contributed by atoms with E-state index < -0.39 is 0 Å². The van der Waals surface area contributed by atoms with E-state index in [1.54, 1.807) is 18.2 Å². The Kier molecular flexibility index (Phi) is 5.05. The first-order valence-electron chi connectivity index (χ1n) is 7.36. The van der Waals surface area contributed by atoms with E-state index in [1.807, 2.05) is 6.92 Å². The Morgan fingerprint density at radius 1 is 1.48 bits per heavy atom. The molecule has 1 aromatic rings. The normalized spacial score (nSPS) is 21.7. The summed E-state index contributed by atoms with van der Waals surface area (Å²) in [5.74, 6) is 0.556. The molecule has 2 unspecified atom stereocenters. The number of benzene rings is 1. The van der Waals surface area contributed by atoms with E-state index in [0.717, 1.165) is 25.2 Å². The number of hydrogen-bond acceptors (Lipinski definition) is 5. The molecule has 0 bridgehead atoms. The standard InChI is InChI=1S/C16H23N3O2/c1-4-21-16-9-13(5-6-15(16)20)14(10-17)19-8-7-18(3)11-12(19)2/h5-6,9,12,14,20H,4,7-8,11H2,1-3H3. The molecule has 114 valence electrons. The van der Waals surface area contributed by atoms with Crippen LogP contribution in [0.15, 0.2) is 18.2 Å². The summed E-state index contributed by atoms with van der Waals surface area (Å²) in [5.41, 5.74) is 0.871. The number of aromatic hydroxyl groups is 1. The van der Waals surface area contributed by atoms with Crippen LogP contribution in [-0.2, 0) is 0 Å². The molecule has 0 spiro atoms. The van der Waals surface area contributed by atoms with Crippen molar-refractivity contribution in [3.8, 4) is 17.6 Å². The van der Waals surface area contributed by atoms with Crippen molar-refractivity contribution in [1.29, 1.82) is 5.26 Å². The highest BCUT2D eigenvalue weighted by Gasteiger charge is 2.29. The molecule has 1 aromatic carbocycles. The molecular weight excluding hydrogens is 266 g/mol. The van der Waals surface area contributed by atoms with Gasteiger partial charge in [-0.3, -0.25) is 4.90 Å². The third-order valence-electron chi connectivity index (χ3n) is 3.94. The smallest absolute Gasteiger partial charge is 0.161 e. The number of phenolic OH excluding ortho intramolecular Hbond substituents is 1. The summed E-state index contributed by atoms with van der Waals surface area (Å²) in [6.45, 7) is 7.27. The summed E-state index contributed by atoms with van der Waals surface area (Å²) < 4.78 is 5.42. The number of piperazine rings is 1. The molecule has 0 aromatic heterocycles. The lowest BCUT2D eigenvalue weighted by Crippen LogP contribution is -2.51. The molecule has 0 aliphatic carbocycles. The van der Waals surface area contributed by atoms with E-state index in [-0.39, 0.29) is 11.8 Å². The average Bonchev–Trinajstić information content (AvgIpc) is 2.45. The first kappa shape index (κ1) is 15.6. The van der Waals surface area contributed by atoms with Crippen LogP contribution in [0.1, 0.15) is 25.5 Å². The maximum Gasteiger partial charge on any atom is 0.161 e. The minimum Gasteiger partial charge on any atom is -0.504 e. The van der Waals surface area contributed by atoms with E-state index in [4.69, 9.17) is 4.74 Å². The second-order valence-electron chi connectivity index (χ2n) is 5.54. The fraction of sp³-hybridized carbons (Fsp3) is 0.562. The quantitative estimate of drug-likeness (QED) is 0.918. The SMILES string of the molecule is CCOc1cc(C(C#N)N2CCN(C)CC2C)ccc1O. The second-order valence-corrected chi connectivity index (χ2v) is 5.54. The van der Waals surface area contributed by atoms with Crippen LogP contribution >= 0.6 is 0 Å². The van der Waals surface area contributed by atoms with Gasteiger partial charge in [-0.1, -0.05) is 6.07 Å². The van der Waals surface area contributed by atoms with Crippen LogP contribution in [0, 0.1) is 11.3 Å². The molecule has 1 N–H and O–H groups in total. The lowest BCUT2D eigenvalue weighted by Gasteiger charge is -2.40. The maximum absolute atomic E-state index is 9.79. The Labute approximate surface area is 126 Å². The molecule has 21 heavy (non-hydrogen) atoms. The van der Waals surface area contributed by atoms with Crippen LogP contribution in [0.5, 0.6) is 11.5 Å². The van der Waals surface area contributed by atoms with Gasteiger partial charge in [0.1, 0.15) is 6.04 Å². The molecule has 0 saturated carbocycles. The number of hydrogen-bond donors (Lipinski definition) is 1. The van der Waals surface area contributed by atoms with Gasteiger partial charge in [-0.15, -0.1) is 0 Å². The topological polar surface area (TPSA) is 59.7 Å². The number of ether oxygens (including phenoxy) is 1. The fourth-order valence-electron chi connectivity index (χ4n) is 2.85. The van der Waals surface area contributed by atoms with Gasteiger partial charge in [-0.05, 0) is 38.6 Å². The largest absolute Gasteiger partial charge is 0.504 e. The monoisotopic (exact) mass is 289 g/mol. The van der Waals surface area contributed by atoms with Crippen molar-refractivity contribution in [2.75, 3.05) is 33.3 Å². The summed E-state index contributed by atoms with van der Waals surface area (Å²) in [6, 6.07) is 7.58. The molecule has 5 heteroatoms. The highest BCUT2D eigenvalue weighted by molar-refractivity contribution is 5.44. The summed E-state index contributed by atoms with van der Waals surface area (Å²) in [7, 11) is 2.10. The summed E-state index contributed by atoms with van der Waals surface area (Å²) in [4.78, 5) is 4.49. The lowest BCUT2D eigenvalue weighted by atomic mass is 10.0. The number of nitriles is 1. The Bertz CT molecular complexity index is 527. The first-order chi connectivity index (χ1) is 10.1. The molecule has 1 aliphatic heterocycles. The predicted octanol–water partition coefficient (Wildman–Crippen LogP) is 1.99. The summed E-state index contributed by atoms with van der Waals surface area (Å²) >= 11 is 0. The molecule has 1 saturated heterocycles. The zero-order chi connectivity index (χ0) is 15.4. The van der Waals surface area contributed by atoms with Gasteiger partial charge in [0.05, 0.1) is 12.7 Å². The molecule has 2 rings (SSSR count). The van der Waals surface area contributed by atoms with Gasteiger partial charge < -0.3 is 14.7 Å². The van der Waals surface area contributed by atoms with E-state index in [0.29, 0.717) is 18.4 Å². The molecule has 2 atom stereocenters. The third-order valence-corrected chi connectivity index (χ3v) is 3.94. The first-order valence-corrected chi connectivity index (χ1v) is 7.36. The number of phenols is 1. The van der Waals surface area contributed by atoms with Crippen molar-refractivity contribution < 1.29 is 9.84 Å². The highest BCUT2D eigenvalue weighted by Crippen LogP contribution is 2.32. The molecule has 5 nitrogen and oxygen atoms in total. The van der Waals surface area contributed by atoms with Gasteiger partial charge in [-0.25, -0.2) is 0 Å². The Morgan fingerprint density at radius 2 is 2.24 bits per heavy atom. The molecule has 0 amide bonds. The van der Waals surface area contributed by atoms with Crippen molar-refractivity contribution in [3.05, 3.63) is 23.8 Å². The van der Waals surface area contributed by atoms with E-state index in [1.165, 1.54) is 0 Å². The molecule has 1 aliphatic rings. The van der Waals surface area contributed by atoms with Gasteiger partial charge in [0.2, 0.25) is 0 Å². The van der Waals surface area contributed by atoms with E-state index in [2.05, 4.69) is 29.8 Å². The minimum absolute atomic E-state index is 0.115. The zero-order valence-corrected chi connectivity index (χ0v) is 12.9. The highest BCUT2D eigenvalue weighted by atomic mass is 16.5. The van der Waals surface area contributed by atoms with Crippen LogP contribution in [0.2, 0.25) is 0 Å². The van der Waals surface area contributed by atoms with E-state index >= 15 is 0 Å². The summed E-state index contributed by atoms with van der Waals surface area (Å²) in [5, 5.41) is 19.4.